The van der Waals surface area contributed by atoms with E-state index in [0.717, 1.165) is 0 Å². The van der Waals surface area contributed by atoms with Crippen LogP contribution in [0.3, 0.4) is 0 Å². The number of rotatable bonds is 7. The maximum Gasteiger partial charge on any atom is 0.310 e. The van der Waals surface area contributed by atoms with Gasteiger partial charge in [-0.25, -0.2) is 0 Å². The van der Waals surface area contributed by atoms with Gasteiger partial charge < -0.3 is 58.3 Å². The Bertz CT molecular complexity index is 1290. The molecule has 222 valence electrons. The molecule has 4 N–H and O–H groups in total. The van der Waals surface area contributed by atoms with Gasteiger partial charge in [-0.3, -0.25) is 4.79 Å². The molecule has 0 amide bonds. The van der Waals surface area contributed by atoms with Crippen LogP contribution in [0.1, 0.15) is 28.7 Å². The first-order chi connectivity index (χ1) is 19.8. The summed E-state index contributed by atoms with van der Waals surface area (Å²) in [5.41, 5.74) is 2.00. The second-order valence-corrected chi connectivity index (χ2v) is 10.3. The Morgan fingerprint density at radius 2 is 1.51 bits per heavy atom. The summed E-state index contributed by atoms with van der Waals surface area (Å²) in [6.07, 6.45) is -8.26. The van der Waals surface area contributed by atoms with Gasteiger partial charge in [0.15, 0.2) is 29.3 Å². The molecule has 1 aliphatic carbocycles. The number of carbonyl (C=O) groups is 1. The van der Waals surface area contributed by atoms with Gasteiger partial charge >= 0.3 is 5.97 Å². The number of esters is 1. The van der Waals surface area contributed by atoms with Crippen LogP contribution in [-0.4, -0.2) is 98.4 Å². The summed E-state index contributed by atoms with van der Waals surface area (Å²) in [5.74, 6) is -0.112. The minimum Gasteiger partial charge on any atom is -0.493 e. The number of hydrogen-bond donors (Lipinski definition) is 4. The molecule has 0 bridgehead atoms. The number of aliphatic hydroxyl groups is 4. The molecule has 2 saturated heterocycles. The first-order valence-electron chi connectivity index (χ1n) is 13.2. The van der Waals surface area contributed by atoms with E-state index in [1.54, 1.807) is 24.3 Å². The molecule has 6 rings (SSSR count). The average Bonchev–Trinajstić information content (AvgIpc) is 3.61. The highest BCUT2D eigenvalue weighted by Crippen LogP contribution is 2.57. The van der Waals surface area contributed by atoms with Gasteiger partial charge in [-0.05, 0) is 41.0 Å². The predicted octanol–water partition coefficient (Wildman–Crippen LogP) is 0.233. The first-order valence-corrected chi connectivity index (χ1v) is 13.2. The van der Waals surface area contributed by atoms with E-state index in [2.05, 4.69) is 0 Å². The number of fused-ring (bicyclic) bond motifs is 3. The molecule has 41 heavy (non-hydrogen) atoms. The molecule has 13 heteroatoms. The lowest BCUT2D eigenvalue weighted by molar-refractivity contribution is -0.317. The first kappa shape index (κ1) is 27.8. The fraction of sp³-hybridized carbons (Fsp3) is 0.536. The second-order valence-electron chi connectivity index (χ2n) is 10.3. The van der Waals surface area contributed by atoms with E-state index in [4.69, 9.17) is 37.9 Å². The molecule has 0 radical (unpaired) electrons. The molecule has 2 aromatic carbocycles. The van der Waals surface area contributed by atoms with Crippen molar-refractivity contribution in [3.63, 3.8) is 0 Å². The van der Waals surface area contributed by atoms with Gasteiger partial charge in [0.2, 0.25) is 12.5 Å². The number of hydrogen-bond acceptors (Lipinski definition) is 13. The van der Waals surface area contributed by atoms with E-state index in [0.29, 0.717) is 45.4 Å². The average molecular weight is 577 g/mol. The Morgan fingerprint density at radius 3 is 2.12 bits per heavy atom. The van der Waals surface area contributed by atoms with Gasteiger partial charge in [-0.1, -0.05) is 0 Å². The number of benzene rings is 2. The van der Waals surface area contributed by atoms with Crippen LogP contribution in [-0.2, 0) is 19.0 Å². The summed E-state index contributed by atoms with van der Waals surface area (Å²) in [6, 6.07) is 7.11. The molecule has 9 atom stereocenters. The maximum atomic E-state index is 13.4. The predicted molar refractivity (Wildman–Crippen MR) is 136 cm³/mol. The van der Waals surface area contributed by atoms with Crippen molar-refractivity contribution < 1.29 is 63.1 Å². The third-order valence-electron chi connectivity index (χ3n) is 8.29. The van der Waals surface area contributed by atoms with E-state index < -0.39 is 67.1 Å². The Morgan fingerprint density at radius 1 is 0.854 bits per heavy atom. The van der Waals surface area contributed by atoms with Crippen molar-refractivity contribution in [3.05, 3.63) is 41.0 Å². The molecule has 0 saturated carbocycles. The van der Waals surface area contributed by atoms with Crippen LogP contribution in [0, 0.1) is 11.8 Å². The number of ether oxygens (including phenoxy) is 8. The Hall–Kier alpha value is -3.33. The number of methoxy groups -OCH3 is 3. The van der Waals surface area contributed by atoms with Gasteiger partial charge in [-0.2, -0.15) is 0 Å². The van der Waals surface area contributed by atoms with Gasteiger partial charge in [0.05, 0.1) is 46.6 Å². The van der Waals surface area contributed by atoms with E-state index in [9.17, 15) is 25.2 Å². The zero-order chi connectivity index (χ0) is 29.0. The number of aliphatic hydroxyl groups excluding tert-OH is 4. The minimum absolute atomic E-state index is 0.0141. The summed E-state index contributed by atoms with van der Waals surface area (Å²) in [7, 11) is 4.51. The van der Waals surface area contributed by atoms with E-state index >= 15 is 0 Å². The van der Waals surface area contributed by atoms with Crippen molar-refractivity contribution >= 4 is 5.97 Å². The van der Waals surface area contributed by atoms with Crippen LogP contribution >= 0.6 is 0 Å². The maximum absolute atomic E-state index is 13.4. The molecule has 3 heterocycles. The van der Waals surface area contributed by atoms with Crippen LogP contribution in [0.2, 0.25) is 0 Å². The fourth-order valence-electron chi connectivity index (χ4n) is 6.29. The molecule has 0 spiro atoms. The molecule has 4 aliphatic rings. The molecular formula is C28H32O13. The Kier molecular flexibility index (Phi) is 7.34. The van der Waals surface area contributed by atoms with Crippen LogP contribution < -0.4 is 23.7 Å². The van der Waals surface area contributed by atoms with Gasteiger partial charge in [-0.15, -0.1) is 0 Å². The van der Waals surface area contributed by atoms with Gasteiger partial charge in [0.25, 0.3) is 0 Å². The van der Waals surface area contributed by atoms with Crippen LogP contribution in [0.15, 0.2) is 24.3 Å². The third-order valence-corrected chi connectivity index (χ3v) is 8.29. The van der Waals surface area contributed by atoms with Crippen LogP contribution in [0.4, 0.5) is 0 Å². The lowest BCUT2D eigenvalue weighted by atomic mass is 9.66. The van der Waals surface area contributed by atoms with Gasteiger partial charge in [0, 0.05) is 11.8 Å². The lowest BCUT2D eigenvalue weighted by Crippen LogP contribution is -2.59. The van der Waals surface area contributed by atoms with Crippen molar-refractivity contribution in [2.75, 3.05) is 41.3 Å². The Labute approximate surface area is 235 Å². The molecule has 13 nitrogen and oxygen atoms in total. The highest BCUT2D eigenvalue weighted by Gasteiger charge is 2.55. The molecule has 2 fully saturated rings. The summed E-state index contributed by atoms with van der Waals surface area (Å²) in [6.45, 7) is -0.581. The van der Waals surface area contributed by atoms with E-state index in [-0.39, 0.29) is 13.4 Å². The topological polar surface area (TPSA) is 172 Å². The fourth-order valence-corrected chi connectivity index (χ4v) is 6.29. The summed E-state index contributed by atoms with van der Waals surface area (Å²) in [5, 5.41) is 41.0. The standard InChI is InChI=1S/C28H32O13/c1-34-17-4-11(5-18(35-2)26(17)36-3)20-12-6-15-16(39-10-38-15)7-13(12)25(14-9-37-27(33)21(14)20)41-28-24(32)23(31)22(30)19(8-29)40-28/h4-7,14,19-25,28-32H,8-10H2,1-3H3/t14-,19+,20-,21+,22-,23-,24-,25-,28+/m1/s1. The zero-order valence-corrected chi connectivity index (χ0v) is 22.6. The Balaban J connectivity index is 1.49. The SMILES string of the molecule is COc1cc([C@@H]2c3cc4c(cc3[C@@H](O[C@@H]3O[C@@H](CO)[C@@H](O)[C@@H](O)[C@H]3O)[C@@H]3COC(=O)[C@H]23)OCO4)cc(OC)c1OC. The molecule has 2 aromatic rings. The molecule has 0 aromatic heterocycles. The van der Waals surface area contributed by atoms with Crippen molar-refractivity contribution in [3.8, 4) is 28.7 Å². The molecule has 3 aliphatic heterocycles. The molecule has 0 unspecified atom stereocenters. The van der Waals surface area contributed by atoms with Gasteiger partial charge in [0.1, 0.15) is 24.4 Å². The van der Waals surface area contributed by atoms with Crippen molar-refractivity contribution in [1.82, 2.24) is 0 Å². The summed E-state index contributed by atoms with van der Waals surface area (Å²) in [4.78, 5) is 13.4. The normalized spacial score (nSPS) is 33.5. The molecular weight excluding hydrogens is 544 g/mol. The van der Waals surface area contributed by atoms with Crippen molar-refractivity contribution in [2.24, 2.45) is 11.8 Å². The number of cyclic esters (lactones) is 1. The number of carbonyl (C=O) groups excluding carboxylic acids is 1. The quantitative estimate of drug-likeness (QED) is 0.331. The third kappa shape index (κ3) is 4.44. The van der Waals surface area contributed by atoms with E-state index in [1.165, 1.54) is 21.3 Å². The largest absolute Gasteiger partial charge is 0.493 e. The summed E-state index contributed by atoms with van der Waals surface area (Å²) >= 11 is 0. The van der Waals surface area contributed by atoms with Crippen molar-refractivity contribution in [1.29, 1.82) is 0 Å². The second kappa shape index (κ2) is 10.8. The van der Waals surface area contributed by atoms with E-state index in [1.807, 2.05) is 0 Å². The highest BCUT2D eigenvalue weighted by molar-refractivity contribution is 5.79. The monoisotopic (exact) mass is 576 g/mol. The smallest absolute Gasteiger partial charge is 0.310 e. The van der Waals surface area contributed by atoms with Crippen LogP contribution in [0.25, 0.3) is 0 Å². The summed E-state index contributed by atoms with van der Waals surface area (Å²) < 4.78 is 45.5. The van der Waals surface area contributed by atoms with Crippen molar-refractivity contribution in [2.45, 2.75) is 42.7 Å². The van der Waals surface area contributed by atoms with Crippen LogP contribution in [0.5, 0.6) is 28.7 Å². The minimum atomic E-state index is -1.63. The zero-order valence-electron chi connectivity index (χ0n) is 22.6. The highest BCUT2D eigenvalue weighted by atomic mass is 16.7. The lowest BCUT2D eigenvalue weighted by Gasteiger charge is -2.44.